The zero-order valence-corrected chi connectivity index (χ0v) is 19.1. The average molecular weight is 488 g/mol. The van der Waals surface area contributed by atoms with Crippen LogP contribution in [0.1, 0.15) is 23.7 Å². The van der Waals surface area contributed by atoms with E-state index < -0.39 is 34.1 Å². The summed E-state index contributed by atoms with van der Waals surface area (Å²) in [6.45, 7) is 1.69. The quantitative estimate of drug-likeness (QED) is 0.478. The van der Waals surface area contributed by atoms with Gasteiger partial charge >= 0.3 is 0 Å². The van der Waals surface area contributed by atoms with Crippen molar-refractivity contribution in [2.24, 2.45) is 0 Å². The van der Waals surface area contributed by atoms with E-state index in [2.05, 4.69) is 10.6 Å². The number of hydrogen-bond acceptors (Lipinski definition) is 4. The van der Waals surface area contributed by atoms with E-state index in [1.54, 1.807) is 12.1 Å². The Labute approximate surface area is 196 Å². The fraction of sp³-hybridized carbons (Fsp3) is 0.167. The van der Waals surface area contributed by atoms with Gasteiger partial charge < -0.3 is 10.6 Å². The lowest BCUT2D eigenvalue weighted by molar-refractivity contribution is -0.114. The van der Waals surface area contributed by atoms with Crippen molar-refractivity contribution < 1.29 is 26.8 Å². The molecule has 0 spiro atoms. The van der Waals surface area contributed by atoms with Crippen LogP contribution in [0.3, 0.4) is 0 Å². The van der Waals surface area contributed by atoms with Crippen molar-refractivity contribution in [2.45, 2.75) is 18.2 Å². The highest BCUT2D eigenvalue weighted by Crippen LogP contribution is 2.25. The number of rotatable bonds is 9. The van der Waals surface area contributed by atoms with Gasteiger partial charge in [0, 0.05) is 6.54 Å². The van der Waals surface area contributed by atoms with Gasteiger partial charge in [-0.1, -0.05) is 19.1 Å². The molecule has 0 aliphatic heterocycles. The number of nitrogens with zero attached hydrogens (tertiary/aromatic N) is 1. The number of para-hydroxylation sites is 1. The van der Waals surface area contributed by atoms with Gasteiger partial charge in [0.1, 0.15) is 18.2 Å². The van der Waals surface area contributed by atoms with Gasteiger partial charge in [0.2, 0.25) is 5.91 Å². The van der Waals surface area contributed by atoms with E-state index in [1.165, 1.54) is 24.3 Å². The summed E-state index contributed by atoms with van der Waals surface area (Å²) in [5.41, 5.74) is 0.466. The summed E-state index contributed by atoms with van der Waals surface area (Å²) in [5, 5.41) is 5.29. The van der Waals surface area contributed by atoms with E-state index >= 15 is 0 Å². The maximum atomic E-state index is 13.4. The second-order valence-electron chi connectivity index (χ2n) is 7.29. The third-order valence-corrected chi connectivity index (χ3v) is 6.57. The van der Waals surface area contributed by atoms with Crippen molar-refractivity contribution in [3.8, 4) is 0 Å². The Morgan fingerprint density at radius 2 is 1.47 bits per heavy atom. The van der Waals surface area contributed by atoms with Gasteiger partial charge in [-0.25, -0.2) is 17.2 Å². The monoisotopic (exact) mass is 487 g/mol. The van der Waals surface area contributed by atoms with Crippen molar-refractivity contribution in [1.82, 2.24) is 5.32 Å². The van der Waals surface area contributed by atoms with Crippen molar-refractivity contribution in [2.75, 3.05) is 22.7 Å². The van der Waals surface area contributed by atoms with Crippen LogP contribution in [-0.2, 0) is 14.8 Å². The molecule has 0 aromatic heterocycles. The highest BCUT2D eigenvalue weighted by Gasteiger charge is 2.28. The zero-order chi connectivity index (χ0) is 24.7. The number of halogens is 2. The summed E-state index contributed by atoms with van der Waals surface area (Å²) in [7, 11) is -4.31. The first-order valence-electron chi connectivity index (χ1n) is 10.4. The molecule has 0 radical (unpaired) electrons. The van der Waals surface area contributed by atoms with Gasteiger partial charge in [0.05, 0.1) is 21.8 Å². The molecule has 0 bridgehead atoms. The van der Waals surface area contributed by atoms with Crippen LogP contribution in [0.5, 0.6) is 0 Å². The minimum Gasteiger partial charge on any atom is -0.352 e. The number of amides is 2. The van der Waals surface area contributed by atoms with Crippen molar-refractivity contribution in [3.63, 3.8) is 0 Å². The maximum Gasteiger partial charge on any atom is 0.264 e. The van der Waals surface area contributed by atoms with Crippen LogP contribution in [0.4, 0.5) is 20.2 Å². The van der Waals surface area contributed by atoms with E-state index in [0.717, 1.165) is 47.1 Å². The van der Waals surface area contributed by atoms with Crippen LogP contribution in [0.25, 0.3) is 0 Å². The number of carbonyl (C=O) groups is 2. The third kappa shape index (κ3) is 5.96. The molecular weight excluding hydrogens is 464 g/mol. The Bertz CT molecular complexity index is 1260. The maximum absolute atomic E-state index is 13.4. The van der Waals surface area contributed by atoms with E-state index in [-0.39, 0.29) is 27.7 Å². The van der Waals surface area contributed by atoms with Gasteiger partial charge in [0.25, 0.3) is 15.9 Å². The van der Waals surface area contributed by atoms with Gasteiger partial charge in [-0.15, -0.1) is 0 Å². The molecule has 0 unspecified atom stereocenters. The minimum atomic E-state index is -4.31. The summed E-state index contributed by atoms with van der Waals surface area (Å²) in [6.07, 6.45) is 0.730. The molecule has 10 heteroatoms. The SMILES string of the molecule is CCCNC(=O)c1ccccc1NC(=O)CN(c1ccc(F)cc1)S(=O)(=O)c1ccc(F)cc1. The van der Waals surface area contributed by atoms with Crippen LogP contribution >= 0.6 is 0 Å². The minimum absolute atomic E-state index is 0.0369. The summed E-state index contributed by atoms with van der Waals surface area (Å²) in [4.78, 5) is 25.1. The third-order valence-electron chi connectivity index (χ3n) is 4.78. The van der Waals surface area contributed by atoms with Crippen LogP contribution in [-0.4, -0.2) is 33.3 Å². The predicted octanol–water partition coefficient (Wildman–Crippen LogP) is 3.94. The summed E-state index contributed by atoms with van der Waals surface area (Å²) in [6, 6.07) is 15.0. The molecule has 0 fully saturated rings. The number of anilines is 2. The Balaban J connectivity index is 1.91. The fourth-order valence-electron chi connectivity index (χ4n) is 3.10. The Morgan fingerprint density at radius 1 is 0.882 bits per heavy atom. The summed E-state index contributed by atoms with van der Waals surface area (Å²) < 4.78 is 54.1. The molecule has 3 aromatic carbocycles. The lowest BCUT2D eigenvalue weighted by atomic mass is 10.1. The Hall–Kier alpha value is -3.79. The Kier molecular flexibility index (Phi) is 7.95. The molecule has 0 saturated heterocycles. The second-order valence-corrected chi connectivity index (χ2v) is 9.15. The molecule has 0 aliphatic rings. The first-order valence-corrected chi connectivity index (χ1v) is 11.9. The topological polar surface area (TPSA) is 95.6 Å². The largest absolute Gasteiger partial charge is 0.352 e. The molecule has 3 rings (SSSR count). The van der Waals surface area contributed by atoms with E-state index in [1.807, 2.05) is 6.92 Å². The molecule has 0 atom stereocenters. The van der Waals surface area contributed by atoms with Crippen molar-refractivity contribution >= 4 is 33.2 Å². The van der Waals surface area contributed by atoms with Crippen LogP contribution in [0.2, 0.25) is 0 Å². The van der Waals surface area contributed by atoms with Crippen molar-refractivity contribution in [3.05, 3.63) is 90.0 Å². The Morgan fingerprint density at radius 3 is 2.09 bits per heavy atom. The van der Waals surface area contributed by atoms with E-state index in [0.29, 0.717) is 6.54 Å². The van der Waals surface area contributed by atoms with E-state index in [9.17, 15) is 26.8 Å². The van der Waals surface area contributed by atoms with E-state index in [4.69, 9.17) is 0 Å². The molecule has 7 nitrogen and oxygen atoms in total. The predicted molar refractivity (Wildman–Crippen MR) is 125 cm³/mol. The fourth-order valence-corrected chi connectivity index (χ4v) is 4.52. The summed E-state index contributed by atoms with van der Waals surface area (Å²) in [5.74, 6) is -2.32. The lowest BCUT2D eigenvalue weighted by Crippen LogP contribution is -2.38. The molecule has 3 aromatic rings. The standard InChI is InChI=1S/C24H23F2N3O4S/c1-2-15-27-24(31)21-5-3-4-6-22(21)28-23(30)16-29(19-11-7-17(25)8-12-19)34(32,33)20-13-9-18(26)10-14-20/h3-14H,2,15-16H2,1H3,(H,27,31)(H,28,30). The van der Waals surface area contributed by atoms with Gasteiger partial charge in [-0.05, 0) is 67.1 Å². The first-order chi connectivity index (χ1) is 16.2. The normalized spacial score (nSPS) is 11.0. The van der Waals surface area contributed by atoms with Crippen molar-refractivity contribution in [1.29, 1.82) is 0 Å². The molecule has 178 valence electrons. The highest BCUT2D eigenvalue weighted by molar-refractivity contribution is 7.92. The number of nitrogens with one attached hydrogen (secondary N) is 2. The second kappa shape index (κ2) is 10.9. The molecule has 2 N–H and O–H groups in total. The van der Waals surface area contributed by atoms with Gasteiger partial charge in [-0.3, -0.25) is 13.9 Å². The molecule has 0 aliphatic carbocycles. The molecule has 0 saturated carbocycles. The zero-order valence-electron chi connectivity index (χ0n) is 18.3. The van der Waals surface area contributed by atoms with Gasteiger partial charge in [0.15, 0.2) is 0 Å². The number of hydrogen-bond donors (Lipinski definition) is 2. The molecule has 0 heterocycles. The number of sulfonamides is 1. The smallest absolute Gasteiger partial charge is 0.264 e. The van der Waals surface area contributed by atoms with Crippen LogP contribution in [0, 0.1) is 11.6 Å². The first kappa shape index (κ1) is 24.8. The van der Waals surface area contributed by atoms with Gasteiger partial charge in [-0.2, -0.15) is 0 Å². The van der Waals surface area contributed by atoms with Crippen LogP contribution < -0.4 is 14.9 Å². The molecule has 34 heavy (non-hydrogen) atoms. The average Bonchev–Trinajstić information content (AvgIpc) is 2.82. The molecular formula is C24H23F2N3O4S. The number of benzene rings is 3. The molecule has 2 amide bonds. The number of carbonyl (C=O) groups excluding carboxylic acids is 2. The summed E-state index contributed by atoms with van der Waals surface area (Å²) >= 11 is 0. The lowest BCUT2D eigenvalue weighted by Gasteiger charge is -2.24. The highest BCUT2D eigenvalue weighted by atomic mass is 32.2. The van der Waals surface area contributed by atoms with Crippen LogP contribution in [0.15, 0.2) is 77.7 Å².